The minimum absolute atomic E-state index is 0.188. The quantitative estimate of drug-likeness (QED) is 0.744. The number of ether oxygens (including phenoxy) is 1. The third-order valence-corrected chi connectivity index (χ3v) is 3.24. The molecule has 0 aliphatic heterocycles. The first-order chi connectivity index (χ1) is 10.2. The zero-order valence-corrected chi connectivity index (χ0v) is 12.3. The Morgan fingerprint density at radius 1 is 1.19 bits per heavy atom. The summed E-state index contributed by atoms with van der Waals surface area (Å²) < 4.78 is 5.72. The van der Waals surface area contributed by atoms with Crippen molar-refractivity contribution in [2.24, 2.45) is 0 Å². The highest BCUT2D eigenvalue weighted by atomic mass is 16.5. The van der Waals surface area contributed by atoms with Crippen LogP contribution in [0.25, 0.3) is 10.9 Å². The summed E-state index contributed by atoms with van der Waals surface area (Å²) in [6, 6.07) is 14.3. The average Bonchev–Trinajstić information content (AvgIpc) is 2.93. The van der Waals surface area contributed by atoms with Crippen molar-refractivity contribution in [1.82, 2.24) is 10.2 Å². The predicted octanol–water partition coefficient (Wildman–Crippen LogP) is 3.96. The molecule has 4 nitrogen and oxygen atoms in total. The fraction of sp³-hybridized carbons (Fsp3) is 0.235. The van der Waals surface area contributed by atoms with Crippen LogP contribution in [0, 0.1) is 0 Å². The Bertz CT molecular complexity index is 733. The van der Waals surface area contributed by atoms with Crippen LogP contribution in [-0.2, 0) is 6.54 Å². The van der Waals surface area contributed by atoms with Crippen molar-refractivity contribution >= 4 is 16.6 Å². The van der Waals surface area contributed by atoms with Crippen LogP contribution in [0.5, 0.6) is 5.75 Å². The predicted molar refractivity (Wildman–Crippen MR) is 85.6 cm³/mol. The van der Waals surface area contributed by atoms with Gasteiger partial charge in [-0.1, -0.05) is 18.2 Å². The highest BCUT2D eigenvalue weighted by Gasteiger charge is 2.03. The minimum atomic E-state index is 0.188. The van der Waals surface area contributed by atoms with Gasteiger partial charge in [-0.2, -0.15) is 5.10 Å². The molecule has 0 saturated carbocycles. The van der Waals surface area contributed by atoms with Gasteiger partial charge in [-0.3, -0.25) is 5.10 Å². The number of hydrogen-bond donors (Lipinski definition) is 2. The molecule has 0 bridgehead atoms. The number of aromatic amines is 1. The van der Waals surface area contributed by atoms with Gasteiger partial charge in [0.15, 0.2) is 0 Å². The molecule has 1 aromatic heterocycles. The van der Waals surface area contributed by atoms with Crippen molar-refractivity contribution in [3.05, 3.63) is 54.2 Å². The third kappa shape index (κ3) is 3.16. The van der Waals surface area contributed by atoms with Crippen LogP contribution in [0.2, 0.25) is 0 Å². The first kappa shape index (κ1) is 13.5. The number of H-pyrrole nitrogens is 1. The van der Waals surface area contributed by atoms with Gasteiger partial charge in [0.05, 0.1) is 17.8 Å². The van der Waals surface area contributed by atoms with Gasteiger partial charge in [0.1, 0.15) is 5.75 Å². The zero-order valence-electron chi connectivity index (χ0n) is 12.3. The summed E-state index contributed by atoms with van der Waals surface area (Å²) >= 11 is 0. The highest BCUT2D eigenvalue weighted by molar-refractivity contribution is 5.90. The van der Waals surface area contributed by atoms with Crippen molar-refractivity contribution in [1.29, 1.82) is 0 Å². The van der Waals surface area contributed by atoms with Crippen molar-refractivity contribution in [3.8, 4) is 5.75 Å². The normalized spacial score (nSPS) is 11.0. The van der Waals surface area contributed by atoms with Crippen LogP contribution in [0.3, 0.4) is 0 Å². The lowest BCUT2D eigenvalue weighted by molar-refractivity contribution is 0.242. The van der Waals surface area contributed by atoms with Crippen molar-refractivity contribution in [2.75, 3.05) is 5.32 Å². The Morgan fingerprint density at radius 2 is 2.05 bits per heavy atom. The van der Waals surface area contributed by atoms with E-state index in [0.29, 0.717) is 0 Å². The Balaban J connectivity index is 1.74. The number of nitrogens with zero attached hydrogens (tertiary/aromatic N) is 1. The fourth-order valence-electron chi connectivity index (χ4n) is 2.32. The molecule has 2 aromatic carbocycles. The molecule has 0 radical (unpaired) electrons. The van der Waals surface area contributed by atoms with Crippen LogP contribution < -0.4 is 10.1 Å². The minimum Gasteiger partial charge on any atom is -0.491 e. The summed E-state index contributed by atoms with van der Waals surface area (Å²) in [5.41, 5.74) is 3.31. The molecule has 3 aromatic rings. The second-order valence-electron chi connectivity index (χ2n) is 5.30. The molecule has 0 aliphatic rings. The molecule has 0 fully saturated rings. The van der Waals surface area contributed by atoms with E-state index in [4.69, 9.17) is 4.74 Å². The lowest BCUT2D eigenvalue weighted by atomic mass is 10.2. The first-order valence-electron chi connectivity index (χ1n) is 7.14. The summed E-state index contributed by atoms with van der Waals surface area (Å²) in [7, 11) is 0. The average molecular weight is 281 g/mol. The van der Waals surface area contributed by atoms with Crippen LogP contribution in [0.1, 0.15) is 19.4 Å². The molecule has 0 unspecified atom stereocenters. The molecule has 0 saturated heterocycles. The number of aromatic nitrogens is 2. The summed E-state index contributed by atoms with van der Waals surface area (Å²) in [5, 5.41) is 11.6. The molecule has 0 spiro atoms. The molecular weight excluding hydrogens is 262 g/mol. The number of benzene rings is 2. The molecule has 3 rings (SSSR count). The molecule has 108 valence electrons. The number of fused-ring (bicyclic) bond motifs is 1. The van der Waals surface area contributed by atoms with Gasteiger partial charge >= 0.3 is 0 Å². The molecule has 0 atom stereocenters. The fourth-order valence-corrected chi connectivity index (χ4v) is 2.32. The maximum absolute atomic E-state index is 5.72. The maximum Gasteiger partial charge on any atom is 0.120 e. The second kappa shape index (κ2) is 5.87. The van der Waals surface area contributed by atoms with E-state index in [1.54, 1.807) is 0 Å². The Morgan fingerprint density at radius 3 is 2.90 bits per heavy atom. The second-order valence-corrected chi connectivity index (χ2v) is 5.30. The van der Waals surface area contributed by atoms with E-state index in [2.05, 4.69) is 33.7 Å². The molecule has 1 heterocycles. The van der Waals surface area contributed by atoms with E-state index in [0.717, 1.165) is 28.9 Å². The van der Waals surface area contributed by atoms with Gasteiger partial charge in [0.2, 0.25) is 0 Å². The topological polar surface area (TPSA) is 49.9 Å². The van der Waals surface area contributed by atoms with Gasteiger partial charge < -0.3 is 10.1 Å². The van der Waals surface area contributed by atoms with Gasteiger partial charge in [-0.15, -0.1) is 0 Å². The van der Waals surface area contributed by atoms with Crippen molar-refractivity contribution in [2.45, 2.75) is 26.5 Å². The van der Waals surface area contributed by atoms with E-state index >= 15 is 0 Å². The van der Waals surface area contributed by atoms with Crippen molar-refractivity contribution < 1.29 is 4.74 Å². The van der Waals surface area contributed by atoms with Gasteiger partial charge in [-0.25, -0.2) is 0 Å². The number of rotatable bonds is 5. The van der Waals surface area contributed by atoms with Crippen LogP contribution >= 0.6 is 0 Å². The standard InChI is InChI=1S/C17H19N3O/c1-12(2)21-14-6-3-5-13(9-14)10-18-16-7-4-8-17-15(16)11-19-20-17/h3-9,11-12,18H,10H2,1-2H3,(H,19,20). The molecule has 4 heteroatoms. The van der Waals surface area contributed by atoms with Crippen LogP contribution in [0.4, 0.5) is 5.69 Å². The largest absolute Gasteiger partial charge is 0.491 e. The van der Waals surface area contributed by atoms with Gasteiger partial charge in [0.25, 0.3) is 0 Å². The van der Waals surface area contributed by atoms with Crippen LogP contribution in [-0.4, -0.2) is 16.3 Å². The zero-order chi connectivity index (χ0) is 14.7. The molecular formula is C17H19N3O. The summed E-state index contributed by atoms with van der Waals surface area (Å²) in [5.74, 6) is 0.908. The lowest BCUT2D eigenvalue weighted by Crippen LogP contribution is -2.06. The Kier molecular flexibility index (Phi) is 3.77. The van der Waals surface area contributed by atoms with E-state index in [1.807, 2.05) is 44.3 Å². The number of anilines is 1. The number of nitrogens with one attached hydrogen (secondary N) is 2. The first-order valence-corrected chi connectivity index (χ1v) is 7.14. The highest BCUT2D eigenvalue weighted by Crippen LogP contribution is 2.22. The van der Waals surface area contributed by atoms with E-state index in [-0.39, 0.29) is 6.10 Å². The summed E-state index contributed by atoms with van der Waals surface area (Å²) in [4.78, 5) is 0. The van der Waals surface area contributed by atoms with E-state index in [9.17, 15) is 0 Å². The van der Waals surface area contributed by atoms with E-state index in [1.165, 1.54) is 5.56 Å². The maximum atomic E-state index is 5.72. The smallest absolute Gasteiger partial charge is 0.120 e. The third-order valence-electron chi connectivity index (χ3n) is 3.24. The van der Waals surface area contributed by atoms with E-state index < -0.39 is 0 Å². The SMILES string of the molecule is CC(C)Oc1cccc(CNc2cccc3[nH]ncc23)c1. The molecule has 0 amide bonds. The molecule has 2 N–H and O–H groups in total. The molecule has 21 heavy (non-hydrogen) atoms. The Hall–Kier alpha value is -2.49. The monoisotopic (exact) mass is 281 g/mol. The lowest BCUT2D eigenvalue weighted by Gasteiger charge is -2.12. The van der Waals surface area contributed by atoms with Gasteiger partial charge in [-0.05, 0) is 43.7 Å². The van der Waals surface area contributed by atoms with Gasteiger partial charge in [0, 0.05) is 17.6 Å². The van der Waals surface area contributed by atoms with Crippen molar-refractivity contribution in [3.63, 3.8) is 0 Å². The summed E-state index contributed by atoms with van der Waals surface area (Å²) in [6.07, 6.45) is 2.03. The van der Waals surface area contributed by atoms with Crippen LogP contribution in [0.15, 0.2) is 48.7 Å². The Labute approximate surface area is 124 Å². The molecule has 0 aliphatic carbocycles. The summed E-state index contributed by atoms with van der Waals surface area (Å²) in [6.45, 7) is 4.81. The number of hydrogen-bond acceptors (Lipinski definition) is 3.